The Morgan fingerprint density at radius 1 is 1.29 bits per heavy atom. The molecule has 4 nitrogen and oxygen atoms in total. The van der Waals surface area contributed by atoms with Crippen LogP contribution in [0, 0.1) is 5.92 Å². The lowest BCUT2D eigenvalue weighted by Gasteiger charge is -2.24. The van der Waals surface area contributed by atoms with Crippen molar-refractivity contribution in [3.05, 3.63) is 29.8 Å². The topological polar surface area (TPSA) is 47.9 Å². The molecule has 0 saturated heterocycles. The molecule has 0 aliphatic rings. The van der Waals surface area contributed by atoms with Crippen molar-refractivity contribution in [1.29, 1.82) is 0 Å². The van der Waals surface area contributed by atoms with Crippen LogP contribution in [-0.4, -0.2) is 30.9 Å². The molecular weight excluding hydrogens is 266 g/mol. The van der Waals surface area contributed by atoms with Gasteiger partial charge in [-0.3, -0.25) is 4.99 Å². The first kappa shape index (κ1) is 17.2. The van der Waals surface area contributed by atoms with Gasteiger partial charge in [0.2, 0.25) is 0 Å². The van der Waals surface area contributed by atoms with Gasteiger partial charge in [0.25, 0.3) is 0 Å². The van der Waals surface area contributed by atoms with E-state index in [0.29, 0.717) is 18.3 Å². The molecule has 1 aromatic rings. The van der Waals surface area contributed by atoms with Crippen molar-refractivity contribution < 1.29 is 14.3 Å². The second kappa shape index (κ2) is 7.81. The Morgan fingerprint density at radius 3 is 2.43 bits per heavy atom. The number of benzene rings is 1. The molecule has 0 amide bonds. The Labute approximate surface area is 127 Å². The Kier molecular flexibility index (Phi) is 6.40. The number of esters is 1. The third kappa shape index (κ3) is 5.98. The highest BCUT2D eigenvalue weighted by molar-refractivity contribution is 5.80. The molecule has 1 aromatic carbocycles. The minimum atomic E-state index is -0.997. The van der Waals surface area contributed by atoms with Crippen molar-refractivity contribution >= 4 is 12.2 Å². The quantitative estimate of drug-likeness (QED) is 0.571. The monoisotopic (exact) mass is 291 g/mol. The van der Waals surface area contributed by atoms with Gasteiger partial charge in [0.05, 0.1) is 6.61 Å². The molecule has 0 N–H and O–H groups in total. The number of hydrogen-bond donors (Lipinski definition) is 0. The average Bonchev–Trinajstić information content (AvgIpc) is 2.40. The standard InChI is InChI=1S/C17H25NO3/c1-6-20-16(19)17(4,5)21-15-9-7-14(8-10-15)12-18-11-13(2)3/h7-10,12-13H,6,11H2,1-5H3. The highest BCUT2D eigenvalue weighted by Gasteiger charge is 2.31. The number of aliphatic imine (C=N–C) groups is 1. The van der Waals surface area contributed by atoms with E-state index in [1.165, 1.54) is 0 Å². The Balaban J connectivity index is 2.66. The van der Waals surface area contributed by atoms with E-state index in [1.807, 2.05) is 30.5 Å². The highest BCUT2D eigenvalue weighted by atomic mass is 16.6. The van der Waals surface area contributed by atoms with E-state index in [1.54, 1.807) is 20.8 Å². The maximum Gasteiger partial charge on any atom is 0.349 e. The summed E-state index contributed by atoms with van der Waals surface area (Å²) in [5.41, 5.74) is 0.0143. The van der Waals surface area contributed by atoms with E-state index >= 15 is 0 Å². The number of rotatable bonds is 7. The third-order valence-electron chi connectivity index (χ3n) is 2.73. The normalized spacial score (nSPS) is 11.9. The predicted molar refractivity (Wildman–Crippen MR) is 85.1 cm³/mol. The van der Waals surface area contributed by atoms with Gasteiger partial charge < -0.3 is 9.47 Å². The first-order valence-corrected chi connectivity index (χ1v) is 7.31. The molecule has 21 heavy (non-hydrogen) atoms. The summed E-state index contributed by atoms with van der Waals surface area (Å²) in [6.45, 7) is 10.6. The molecule has 0 unspecified atom stereocenters. The van der Waals surface area contributed by atoms with Gasteiger partial charge in [0, 0.05) is 12.8 Å². The molecule has 0 aliphatic carbocycles. The number of hydrogen-bond acceptors (Lipinski definition) is 4. The zero-order valence-corrected chi connectivity index (χ0v) is 13.6. The lowest BCUT2D eigenvalue weighted by atomic mass is 10.1. The summed E-state index contributed by atoms with van der Waals surface area (Å²) in [7, 11) is 0. The van der Waals surface area contributed by atoms with Gasteiger partial charge >= 0.3 is 5.97 Å². The molecule has 0 atom stereocenters. The lowest BCUT2D eigenvalue weighted by molar-refractivity contribution is -0.158. The number of carbonyl (C=O) groups excluding carboxylic acids is 1. The molecule has 0 aliphatic heterocycles. The fourth-order valence-electron chi connectivity index (χ4n) is 1.63. The fourth-order valence-corrected chi connectivity index (χ4v) is 1.63. The zero-order valence-electron chi connectivity index (χ0n) is 13.6. The first-order valence-electron chi connectivity index (χ1n) is 7.31. The summed E-state index contributed by atoms with van der Waals surface area (Å²) in [4.78, 5) is 16.1. The van der Waals surface area contributed by atoms with Crippen LogP contribution in [0.2, 0.25) is 0 Å². The Bertz CT molecular complexity index is 475. The van der Waals surface area contributed by atoms with Crippen LogP contribution < -0.4 is 4.74 Å². The maximum absolute atomic E-state index is 11.8. The second-order valence-corrected chi connectivity index (χ2v) is 5.79. The fraction of sp³-hybridized carbons (Fsp3) is 0.529. The van der Waals surface area contributed by atoms with Gasteiger partial charge in [-0.1, -0.05) is 13.8 Å². The number of ether oxygens (including phenoxy) is 2. The molecule has 0 saturated carbocycles. The number of carbonyl (C=O) groups is 1. The second-order valence-electron chi connectivity index (χ2n) is 5.79. The summed E-state index contributed by atoms with van der Waals surface area (Å²) in [6, 6.07) is 7.50. The van der Waals surface area contributed by atoms with Crippen LogP contribution in [0.5, 0.6) is 5.75 Å². The molecule has 0 spiro atoms. The van der Waals surface area contributed by atoms with E-state index in [2.05, 4.69) is 18.8 Å². The van der Waals surface area contributed by atoms with Crippen molar-refractivity contribution in [2.24, 2.45) is 10.9 Å². The average molecular weight is 291 g/mol. The van der Waals surface area contributed by atoms with Gasteiger partial charge in [0.1, 0.15) is 5.75 Å². The van der Waals surface area contributed by atoms with Crippen molar-refractivity contribution in [2.45, 2.75) is 40.2 Å². The highest BCUT2D eigenvalue weighted by Crippen LogP contribution is 2.20. The van der Waals surface area contributed by atoms with Crippen LogP contribution in [0.25, 0.3) is 0 Å². The largest absolute Gasteiger partial charge is 0.476 e. The maximum atomic E-state index is 11.8. The molecule has 0 aromatic heterocycles. The van der Waals surface area contributed by atoms with E-state index in [4.69, 9.17) is 9.47 Å². The summed E-state index contributed by atoms with van der Waals surface area (Å²) >= 11 is 0. The SMILES string of the molecule is CCOC(=O)C(C)(C)Oc1ccc(C=NCC(C)C)cc1. The minimum Gasteiger partial charge on any atom is -0.476 e. The van der Waals surface area contributed by atoms with Crippen molar-refractivity contribution in [3.63, 3.8) is 0 Å². The van der Waals surface area contributed by atoms with Crippen LogP contribution in [-0.2, 0) is 9.53 Å². The Hall–Kier alpha value is -1.84. The first-order chi connectivity index (χ1) is 9.85. The van der Waals surface area contributed by atoms with Gasteiger partial charge in [0.15, 0.2) is 5.60 Å². The predicted octanol–water partition coefficient (Wildman–Crippen LogP) is 3.48. The van der Waals surface area contributed by atoms with E-state index in [0.717, 1.165) is 12.1 Å². The summed E-state index contributed by atoms with van der Waals surface area (Å²) < 4.78 is 10.7. The molecule has 0 fully saturated rings. The van der Waals surface area contributed by atoms with Crippen LogP contribution >= 0.6 is 0 Å². The number of nitrogens with zero attached hydrogens (tertiary/aromatic N) is 1. The van der Waals surface area contributed by atoms with Crippen LogP contribution in [0.1, 0.15) is 40.2 Å². The van der Waals surface area contributed by atoms with Crippen LogP contribution in [0.3, 0.4) is 0 Å². The van der Waals surface area contributed by atoms with Gasteiger partial charge in [-0.05, 0) is 56.5 Å². The zero-order chi connectivity index (χ0) is 15.9. The van der Waals surface area contributed by atoms with E-state index in [-0.39, 0.29) is 5.97 Å². The van der Waals surface area contributed by atoms with E-state index < -0.39 is 5.60 Å². The smallest absolute Gasteiger partial charge is 0.349 e. The molecule has 116 valence electrons. The van der Waals surface area contributed by atoms with Gasteiger partial charge in [-0.2, -0.15) is 0 Å². The van der Waals surface area contributed by atoms with Gasteiger partial charge in [-0.25, -0.2) is 4.79 Å². The molecular formula is C17H25NO3. The minimum absolute atomic E-state index is 0.344. The lowest BCUT2D eigenvalue weighted by Crippen LogP contribution is -2.39. The molecule has 1 rings (SSSR count). The Morgan fingerprint density at radius 2 is 1.90 bits per heavy atom. The molecule has 4 heteroatoms. The van der Waals surface area contributed by atoms with Gasteiger partial charge in [-0.15, -0.1) is 0 Å². The van der Waals surface area contributed by atoms with Crippen LogP contribution in [0.15, 0.2) is 29.3 Å². The third-order valence-corrected chi connectivity index (χ3v) is 2.73. The van der Waals surface area contributed by atoms with Crippen LogP contribution in [0.4, 0.5) is 0 Å². The summed E-state index contributed by atoms with van der Waals surface area (Å²) in [5, 5.41) is 0. The summed E-state index contributed by atoms with van der Waals surface area (Å²) in [6.07, 6.45) is 1.85. The van der Waals surface area contributed by atoms with Crippen molar-refractivity contribution in [3.8, 4) is 5.75 Å². The van der Waals surface area contributed by atoms with Crippen molar-refractivity contribution in [1.82, 2.24) is 0 Å². The molecule has 0 radical (unpaired) electrons. The summed E-state index contributed by atoms with van der Waals surface area (Å²) in [5.74, 6) is 0.816. The van der Waals surface area contributed by atoms with E-state index in [9.17, 15) is 4.79 Å². The molecule has 0 bridgehead atoms. The van der Waals surface area contributed by atoms with Crippen molar-refractivity contribution in [2.75, 3.05) is 13.2 Å². The molecule has 0 heterocycles.